The average Bonchev–Trinajstić information content (AvgIpc) is 2.93. The predicted octanol–water partition coefficient (Wildman–Crippen LogP) is 5.82. The first kappa shape index (κ1) is 27.8. The first-order valence-corrected chi connectivity index (χ1v) is 12.8. The summed E-state index contributed by atoms with van der Waals surface area (Å²) in [6, 6.07) is 24.1. The maximum atomic E-state index is 15.0. The largest absolute Gasteiger partial charge is 0.491 e. The van der Waals surface area contributed by atoms with Crippen LogP contribution in [0.3, 0.4) is 0 Å². The van der Waals surface area contributed by atoms with Crippen molar-refractivity contribution in [3.8, 4) is 5.75 Å². The molecule has 0 fully saturated rings. The molecular weight excluding hydrogens is 493 g/mol. The van der Waals surface area contributed by atoms with Gasteiger partial charge in [-0.05, 0) is 74.6 Å². The van der Waals surface area contributed by atoms with Crippen LogP contribution < -0.4 is 15.0 Å². The fraction of sp³-hybridized carbons (Fsp3) is 0.226. The number of nitrogens with one attached hydrogen (secondary N) is 1. The summed E-state index contributed by atoms with van der Waals surface area (Å²) in [5.74, 6) is 1.27. The van der Waals surface area contributed by atoms with Crippen molar-refractivity contribution in [1.29, 1.82) is 0 Å². The zero-order valence-electron chi connectivity index (χ0n) is 22.5. The van der Waals surface area contributed by atoms with E-state index in [1.807, 2.05) is 104 Å². The van der Waals surface area contributed by atoms with E-state index in [1.165, 1.54) is 6.07 Å². The third-order valence-electron chi connectivity index (χ3n) is 5.84. The van der Waals surface area contributed by atoms with E-state index in [0.717, 1.165) is 16.8 Å². The van der Waals surface area contributed by atoms with Gasteiger partial charge >= 0.3 is 0 Å². The van der Waals surface area contributed by atoms with E-state index in [2.05, 4.69) is 15.3 Å². The second-order valence-electron chi connectivity index (χ2n) is 9.49. The van der Waals surface area contributed by atoms with Crippen LogP contribution >= 0.6 is 0 Å². The van der Waals surface area contributed by atoms with Gasteiger partial charge in [0.25, 0.3) is 0 Å². The molecule has 39 heavy (non-hydrogen) atoms. The number of benzene rings is 3. The van der Waals surface area contributed by atoms with Crippen LogP contribution in [0.2, 0.25) is 0 Å². The van der Waals surface area contributed by atoms with Crippen molar-refractivity contribution >= 4 is 29.2 Å². The van der Waals surface area contributed by atoms with Crippen molar-refractivity contribution in [2.45, 2.75) is 13.0 Å². The average molecular weight is 528 g/mol. The Morgan fingerprint density at radius 3 is 2.54 bits per heavy atom. The Morgan fingerprint density at radius 1 is 1.03 bits per heavy atom. The normalized spacial score (nSPS) is 12.1. The molecule has 0 aliphatic rings. The molecule has 2 N–H and O–H groups in total. The summed E-state index contributed by atoms with van der Waals surface area (Å²) in [5, 5.41) is 13.2. The molecule has 1 aromatic heterocycles. The lowest BCUT2D eigenvalue weighted by Gasteiger charge is -2.24. The highest BCUT2D eigenvalue weighted by molar-refractivity contribution is 5.65. The second-order valence-corrected chi connectivity index (χ2v) is 9.49. The van der Waals surface area contributed by atoms with E-state index in [9.17, 15) is 9.50 Å². The van der Waals surface area contributed by atoms with Crippen LogP contribution in [0.15, 0.2) is 91.1 Å². The predicted molar refractivity (Wildman–Crippen MR) is 155 cm³/mol. The molecule has 0 spiro atoms. The van der Waals surface area contributed by atoms with Crippen LogP contribution in [0.5, 0.6) is 5.75 Å². The number of nitrogens with zero attached hydrogens (tertiary/aromatic N) is 4. The molecule has 0 saturated heterocycles. The minimum Gasteiger partial charge on any atom is -0.491 e. The van der Waals surface area contributed by atoms with Crippen molar-refractivity contribution in [3.05, 3.63) is 108 Å². The fourth-order valence-corrected chi connectivity index (χ4v) is 3.99. The molecule has 0 aliphatic carbocycles. The standard InChI is InChI=1S/C31H34FN5O2/c1-23-11-16-28(32)29(20-23)37(19-7-10-24-8-5-4-6-9-24)30-17-18-33-31(35-30)34-25-12-14-27(15-13-25)39-22-26(38)21-36(2)3/h4-18,20,26,38H,19,21-22H2,1-3H3,(H,33,34,35)/b10-7+. The summed E-state index contributed by atoms with van der Waals surface area (Å²) in [4.78, 5) is 12.8. The van der Waals surface area contributed by atoms with Gasteiger partial charge in [-0.25, -0.2) is 9.37 Å². The Morgan fingerprint density at radius 2 is 1.79 bits per heavy atom. The maximum Gasteiger partial charge on any atom is 0.229 e. The molecule has 0 amide bonds. The SMILES string of the molecule is Cc1ccc(F)c(N(C/C=C/c2ccccc2)c2ccnc(Nc3ccc(OCC(O)CN(C)C)cc3)n2)c1. The summed E-state index contributed by atoms with van der Waals surface area (Å²) in [7, 11) is 3.80. The molecule has 1 heterocycles. The van der Waals surface area contributed by atoms with E-state index >= 15 is 0 Å². The number of aryl methyl sites for hydroxylation is 1. The summed E-state index contributed by atoms with van der Waals surface area (Å²) in [5.41, 5.74) is 3.22. The van der Waals surface area contributed by atoms with Gasteiger partial charge in [-0.15, -0.1) is 0 Å². The lowest BCUT2D eigenvalue weighted by atomic mass is 10.2. The molecule has 1 atom stereocenters. The van der Waals surface area contributed by atoms with Gasteiger partial charge in [0.15, 0.2) is 0 Å². The first-order valence-electron chi connectivity index (χ1n) is 12.8. The van der Waals surface area contributed by atoms with Crippen molar-refractivity contribution in [1.82, 2.24) is 14.9 Å². The van der Waals surface area contributed by atoms with Gasteiger partial charge in [-0.3, -0.25) is 0 Å². The van der Waals surface area contributed by atoms with Crippen molar-refractivity contribution in [2.75, 3.05) is 44.0 Å². The molecule has 3 aromatic carbocycles. The highest BCUT2D eigenvalue weighted by atomic mass is 19.1. The highest BCUT2D eigenvalue weighted by Gasteiger charge is 2.15. The number of likely N-dealkylation sites (N-methyl/N-ethyl adjacent to an activating group) is 1. The molecule has 1 unspecified atom stereocenters. The summed E-state index contributed by atoms with van der Waals surface area (Å²) < 4.78 is 20.6. The lowest BCUT2D eigenvalue weighted by molar-refractivity contribution is 0.0831. The second kappa shape index (κ2) is 13.5. The van der Waals surface area contributed by atoms with E-state index in [1.54, 1.807) is 18.3 Å². The molecule has 0 bridgehead atoms. The van der Waals surface area contributed by atoms with E-state index in [4.69, 9.17) is 4.74 Å². The van der Waals surface area contributed by atoms with Crippen LogP contribution in [0.1, 0.15) is 11.1 Å². The molecular formula is C31H34FN5O2. The number of aliphatic hydroxyl groups excluding tert-OH is 1. The van der Waals surface area contributed by atoms with Crippen molar-refractivity contribution in [3.63, 3.8) is 0 Å². The Hall–Kier alpha value is -4.27. The third-order valence-corrected chi connectivity index (χ3v) is 5.84. The maximum absolute atomic E-state index is 15.0. The Kier molecular flexibility index (Phi) is 9.61. The lowest BCUT2D eigenvalue weighted by Crippen LogP contribution is -2.30. The smallest absolute Gasteiger partial charge is 0.229 e. The fourth-order valence-electron chi connectivity index (χ4n) is 3.99. The Balaban J connectivity index is 1.50. The molecule has 0 radical (unpaired) electrons. The summed E-state index contributed by atoms with van der Waals surface area (Å²) in [6.45, 7) is 3.08. The number of hydrogen-bond acceptors (Lipinski definition) is 7. The van der Waals surface area contributed by atoms with Crippen molar-refractivity contribution < 1.29 is 14.2 Å². The molecule has 202 valence electrons. The topological polar surface area (TPSA) is 73.8 Å². The minimum atomic E-state index is -0.572. The Labute approximate surface area is 229 Å². The zero-order chi connectivity index (χ0) is 27.6. The molecule has 0 aliphatic heterocycles. The van der Waals surface area contributed by atoms with E-state index in [0.29, 0.717) is 36.3 Å². The highest BCUT2D eigenvalue weighted by Crippen LogP contribution is 2.29. The number of aromatic nitrogens is 2. The van der Waals surface area contributed by atoms with Crippen LogP contribution in [-0.4, -0.2) is 59.9 Å². The molecule has 0 saturated carbocycles. The Bertz CT molecular complexity index is 1360. The molecule has 7 nitrogen and oxygen atoms in total. The van der Waals surface area contributed by atoms with E-state index < -0.39 is 6.10 Å². The number of anilines is 4. The number of aliphatic hydroxyl groups is 1. The van der Waals surface area contributed by atoms with Gasteiger partial charge in [0, 0.05) is 25.0 Å². The van der Waals surface area contributed by atoms with Crippen LogP contribution in [0.4, 0.5) is 27.5 Å². The van der Waals surface area contributed by atoms with Gasteiger partial charge in [-0.1, -0.05) is 48.6 Å². The number of ether oxygens (including phenoxy) is 1. The quantitative estimate of drug-likeness (QED) is 0.240. The number of rotatable bonds is 12. The molecule has 4 rings (SSSR count). The van der Waals surface area contributed by atoms with Gasteiger partial charge in [0.2, 0.25) is 5.95 Å². The summed E-state index contributed by atoms with van der Waals surface area (Å²) >= 11 is 0. The van der Waals surface area contributed by atoms with Crippen LogP contribution in [0, 0.1) is 12.7 Å². The van der Waals surface area contributed by atoms with Crippen molar-refractivity contribution in [2.24, 2.45) is 0 Å². The molecule has 8 heteroatoms. The zero-order valence-corrected chi connectivity index (χ0v) is 22.5. The number of halogens is 1. The number of hydrogen-bond donors (Lipinski definition) is 2. The van der Waals surface area contributed by atoms with Gasteiger partial charge in [-0.2, -0.15) is 4.98 Å². The van der Waals surface area contributed by atoms with Gasteiger partial charge in [0.05, 0.1) is 5.69 Å². The van der Waals surface area contributed by atoms with Gasteiger partial charge < -0.3 is 25.0 Å². The van der Waals surface area contributed by atoms with Crippen LogP contribution in [0.25, 0.3) is 6.08 Å². The van der Waals surface area contributed by atoms with Crippen LogP contribution in [-0.2, 0) is 0 Å². The first-order chi connectivity index (χ1) is 18.9. The van der Waals surface area contributed by atoms with E-state index in [-0.39, 0.29) is 12.4 Å². The minimum absolute atomic E-state index is 0.209. The van der Waals surface area contributed by atoms with Gasteiger partial charge in [0.1, 0.15) is 30.1 Å². The monoisotopic (exact) mass is 527 g/mol. The summed E-state index contributed by atoms with van der Waals surface area (Å²) in [6.07, 6.45) is 5.07. The molecule has 4 aromatic rings. The third kappa shape index (κ3) is 8.36.